The molecule has 1 N–H and O–H groups in total. The lowest BCUT2D eigenvalue weighted by Crippen LogP contribution is -2.20. The highest BCUT2D eigenvalue weighted by Crippen LogP contribution is 2.12. The molecular formula is C16H14FNO3. The fourth-order valence-electron chi connectivity index (χ4n) is 1.67. The number of carbonyl (C=O) groups is 2. The third-order valence-corrected chi connectivity index (χ3v) is 2.76. The third kappa shape index (κ3) is 4.42. The van der Waals surface area contributed by atoms with E-state index in [-0.39, 0.29) is 24.1 Å². The number of hydrogen-bond donors (Lipinski definition) is 1. The number of rotatable bonds is 5. The predicted molar refractivity (Wildman–Crippen MR) is 77.0 cm³/mol. The predicted octanol–water partition coefficient (Wildman–Crippen LogP) is 3.05. The highest BCUT2D eigenvalue weighted by Gasteiger charge is 2.05. The second-order valence-corrected chi connectivity index (χ2v) is 4.42. The van der Waals surface area contributed by atoms with Crippen LogP contribution in [0.2, 0.25) is 0 Å². The van der Waals surface area contributed by atoms with Crippen LogP contribution in [0.5, 0.6) is 5.75 Å². The van der Waals surface area contributed by atoms with Gasteiger partial charge in [-0.05, 0) is 55.5 Å². The number of hydrogen-bond acceptors (Lipinski definition) is 3. The zero-order chi connectivity index (χ0) is 15.2. The van der Waals surface area contributed by atoms with Crippen LogP contribution < -0.4 is 10.1 Å². The quantitative estimate of drug-likeness (QED) is 0.860. The molecule has 0 saturated heterocycles. The standard InChI is InChI=1S/C16H14FNO3/c1-11(19)12-2-6-14(7-3-12)18-16(20)10-21-15-8-4-13(17)5-9-15/h2-9H,10H2,1H3,(H,18,20). The molecular weight excluding hydrogens is 273 g/mol. The van der Waals surface area contributed by atoms with Gasteiger partial charge in [-0.2, -0.15) is 0 Å². The summed E-state index contributed by atoms with van der Waals surface area (Å²) < 4.78 is 17.9. The molecule has 0 aromatic heterocycles. The summed E-state index contributed by atoms with van der Waals surface area (Å²) in [7, 11) is 0. The number of Topliss-reactive ketones (excluding diaryl/α,β-unsaturated/α-hetero) is 1. The van der Waals surface area contributed by atoms with Gasteiger partial charge in [-0.15, -0.1) is 0 Å². The molecule has 2 aromatic carbocycles. The maximum atomic E-state index is 12.7. The molecule has 0 aliphatic carbocycles. The van der Waals surface area contributed by atoms with Crippen LogP contribution in [0.1, 0.15) is 17.3 Å². The van der Waals surface area contributed by atoms with Crippen LogP contribution in [0, 0.1) is 5.82 Å². The Balaban J connectivity index is 1.86. The highest BCUT2D eigenvalue weighted by molar-refractivity contribution is 5.95. The summed E-state index contributed by atoms with van der Waals surface area (Å²) >= 11 is 0. The first-order chi connectivity index (χ1) is 10.0. The summed E-state index contributed by atoms with van der Waals surface area (Å²) in [5, 5.41) is 2.64. The molecule has 108 valence electrons. The number of ether oxygens (including phenoxy) is 1. The molecule has 0 spiro atoms. The van der Waals surface area contributed by atoms with Crippen LogP contribution in [0.4, 0.5) is 10.1 Å². The first kappa shape index (κ1) is 14.7. The molecule has 1 amide bonds. The van der Waals surface area contributed by atoms with Gasteiger partial charge in [0.1, 0.15) is 11.6 Å². The van der Waals surface area contributed by atoms with E-state index in [4.69, 9.17) is 4.74 Å². The van der Waals surface area contributed by atoms with Gasteiger partial charge in [0.15, 0.2) is 12.4 Å². The van der Waals surface area contributed by atoms with Crippen molar-refractivity contribution >= 4 is 17.4 Å². The van der Waals surface area contributed by atoms with E-state index < -0.39 is 0 Å². The lowest BCUT2D eigenvalue weighted by Gasteiger charge is -2.07. The van der Waals surface area contributed by atoms with Crippen LogP contribution in [0.3, 0.4) is 0 Å². The van der Waals surface area contributed by atoms with Gasteiger partial charge in [-0.25, -0.2) is 4.39 Å². The molecule has 21 heavy (non-hydrogen) atoms. The van der Waals surface area contributed by atoms with E-state index in [0.717, 1.165) is 0 Å². The Kier molecular flexibility index (Phi) is 4.66. The molecule has 0 saturated carbocycles. The Morgan fingerprint density at radius 1 is 1.05 bits per heavy atom. The van der Waals surface area contributed by atoms with Crippen LogP contribution in [0.25, 0.3) is 0 Å². The maximum Gasteiger partial charge on any atom is 0.262 e. The number of benzene rings is 2. The van der Waals surface area contributed by atoms with Crippen LogP contribution >= 0.6 is 0 Å². The summed E-state index contributed by atoms with van der Waals surface area (Å²) in [4.78, 5) is 22.8. The molecule has 0 fully saturated rings. The normalized spacial score (nSPS) is 10.0. The second-order valence-electron chi connectivity index (χ2n) is 4.42. The SMILES string of the molecule is CC(=O)c1ccc(NC(=O)COc2ccc(F)cc2)cc1. The van der Waals surface area contributed by atoms with Crippen molar-refractivity contribution < 1.29 is 18.7 Å². The molecule has 0 radical (unpaired) electrons. The van der Waals surface area contributed by atoms with Crippen molar-refractivity contribution in [1.29, 1.82) is 0 Å². The molecule has 0 bridgehead atoms. The summed E-state index contributed by atoms with van der Waals surface area (Å²) in [6.45, 7) is 1.30. The van der Waals surface area contributed by atoms with E-state index in [1.807, 2.05) is 0 Å². The van der Waals surface area contributed by atoms with Crippen molar-refractivity contribution in [3.05, 3.63) is 59.9 Å². The Morgan fingerprint density at radius 2 is 1.67 bits per heavy atom. The first-order valence-corrected chi connectivity index (χ1v) is 6.34. The number of nitrogens with one attached hydrogen (secondary N) is 1. The van der Waals surface area contributed by atoms with Crippen molar-refractivity contribution in [3.8, 4) is 5.75 Å². The van der Waals surface area contributed by atoms with Gasteiger partial charge in [0.05, 0.1) is 0 Å². The van der Waals surface area contributed by atoms with Gasteiger partial charge in [-0.3, -0.25) is 9.59 Å². The zero-order valence-electron chi connectivity index (χ0n) is 11.4. The molecule has 0 atom stereocenters. The van der Waals surface area contributed by atoms with Gasteiger partial charge in [0.2, 0.25) is 0 Å². The van der Waals surface area contributed by atoms with Crippen molar-refractivity contribution in [2.24, 2.45) is 0 Å². The van der Waals surface area contributed by atoms with E-state index in [1.54, 1.807) is 24.3 Å². The lowest BCUT2D eigenvalue weighted by atomic mass is 10.1. The van der Waals surface area contributed by atoms with Crippen LogP contribution in [0.15, 0.2) is 48.5 Å². The van der Waals surface area contributed by atoms with Crippen LogP contribution in [-0.2, 0) is 4.79 Å². The monoisotopic (exact) mass is 287 g/mol. The number of carbonyl (C=O) groups excluding carboxylic acids is 2. The fraction of sp³-hybridized carbons (Fsp3) is 0.125. The summed E-state index contributed by atoms with van der Waals surface area (Å²) in [6, 6.07) is 12.0. The van der Waals surface area contributed by atoms with E-state index in [2.05, 4.69) is 5.32 Å². The molecule has 0 aliphatic rings. The first-order valence-electron chi connectivity index (χ1n) is 6.34. The number of halogens is 1. The van der Waals surface area contributed by atoms with E-state index in [1.165, 1.54) is 31.2 Å². The molecule has 2 aromatic rings. The fourth-order valence-corrected chi connectivity index (χ4v) is 1.67. The number of amides is 1. The van der Waals surface area contributed by atoms with Gasteiger partial charge < -0.3 is 10.1 Å². The molecule has 0 aliphatic heterocycles. The van der Waals surface area contributed by atoms with Crippen molar-refractivity contribution in [2.45, 2.75) is 6.92 Å². The van der Waals surface area contributed by atoms with Gasteiger partial charge >= 0.3 is 0 Å². The van der Waals surface area contributed by atoms with Crippen molar-refractivity contribution in [1.82, 2.24) is 0 Å². The molecule has 4 nitrogen and oxygen atoms in total. The summed E-state index contributed by atoms with van der Waals surface area (Å²) in [6.07, 6.45) is 0. The zero-order valence-corrected chi connectivity index (χ0v) is 11.4. The smallest absolute Gasteiger partial charge is 0.262 e. The minimum absolute atomic E-state index is 0.0347. The topological polar surface area (TPSA) is 55.4 Å². The van der Waals surface area contributed by atoms with Crippen molar-refractivity contribution in [2.75, 3.05) is 11.9 Å². The summed E-state index contributed by atoms with van der Waals surface area (Å²) in [5.74, 6) is -0.321. The van der Waals surface area contributed by atoms with E-state index in [9.17, 15) is 14.0 Å². The summed E-state index contributed by atoms with van der Waals surface area (Å²) in [5.41, 5.74) is 1.16. The Morgan fingerprint density at radius 3 is 2.24 bits per heavy atom. The maximum absolute atomic E-state index is 12.7. The molecule has 2 rings (SSSR count). The lowest BCUT2D eigenvalue weighted by molar-refractivity contribution is -0.118. The van der Waals surface area contributed by atoms with Gasteiger partial charge in [0, 0.05) is 11.3 Å². The molecule has 0 heterocycles. The largest absolute Gasteiger partial charge is 0.484 e. The van der Waals surface area contributed by atoms with Crippen LogP contribution in [-0.4, -0.2) is 18.3 Å². The van der Waals surface area contributed by atoms with E-state index >= 15 is 0 Å². The third-order valence-electron chi connectivity index (χ3n) is 2.76. The Labute approximate surface area is 121 Å². The number of anilines is 1. The Hall–Kier alpha value is -2.69. The van der Waals surface area contributed by atoms with Crippen molar-refractivity contribution in [3.63, 3.8) is 0 Å². The second kappa shape index (κ2) is 6.65. The average molecular weight is 287 g/mol. The Bertz CT molecular complexity index is 636. The van der Waals surface area contributed by atoms with Gasteiger partial charge in [-0.1, -0.05) is 0 Å². The highest BCUT2D eigenvalue weighted by atomic mass is 19.1. The molecule has 5 heteroatoms. The molecule has 0 unspecified atom stereocenters. The minimum Gasteiger partial charge on any atom is -0.484 e. The van der Waals surface area contributed by atoms with E-state index in [0.29, 0.717) is 17.0 Å². The average Bonchev–Trinajstić information content (AvgIpc) is 2.47. The van der Waals surface area contributed by atoms with Gasteiger partial charge in [0.25, 0.3) is 5.91 Å². The minimum atomic E-state index is -0.364. The number of ketones is 1.